The van der Waals surface area contributed by atoms with Crippen molar-refractivity contribution in [1.29, 1.82) is 0 Å². The predicted molar refractivity (Wildman–Crippen MR) is 262 cm³/mol. The normalized spacial score (nSPS) is 26.8. The Morgan fingerprint density at radius 1 is 0.569 bits per heavy atom. The number of aromatic nitrogens is 3. The molecule has 3 saturated carbocycles. The highest BCUT2D eigenvalue weighted by molar-refractivity contribution is 14.1. The smallest absolute Gasteiger partial charge is 0.433 e. The zero-order valence-electron chi connectivity index (χ0n) is 41.5. The molecular weight excluding hydrogens is 1070 g/mol. The number of hydrogen-bond acceptors (Lipinski definition) is 11. The van der Waals surface area contributed by atoms with Gasteiger partial charge in [0.05, 0.1) is 0 Å². The Hall–Kier alpha value is -3.99. The molecule has 3 aliphatic heterocycles. The van der Waals surface area contributed by atoms with Crippen LogP contribution in [-0.4, -0.2) is 83.4 Å². The van der Waals surface area contributed by atoms with Crippen LogP contribution in [0.15, 0.2) is 55.0 Å². The average molecular weight is 1140 g/mol. The van der Waals surface area contributed by atoms with E-state index in [0.29, 0.717) is 82.3 Å². The Labute approximate surface area is 429 Å². The van der Waals surface area contributed by atoms with Gasteiger partial charge in [-0.1, -0.05) is 0 Å². The zero-order valence-corrected chi connectivity index (χ0v) is 43.7. The third kappa shape index (κ3) is 16.3. The topological polar surface area (TPSA) is 136 Å². The summed E-state index contributed by atoms with van der Waals surface area (Å²) < 4.78 is 124. The first kappa shape index (κ1) is 57.3. The van der Waals surface area contributed by atoms with Crippen molar-refractivity contribution in [2.45, 2.75) is 129 Å². The molecule has 3 saturated heterocycles. The highest BCUT2D eigenvalue weighted by atomic mass is 127. The summed E-state index contributed by atoms with van der Waals surface area (Å²) in [6.07, 6.45) is -1.82. The van der Waals surface area contributed by atoms with Gasteiger partial charge in [0.25, 0.3) is 0 Å². The molecule has 3 aromatic heterocycles. The van der Waals surface area contributed by atoms with Crippen LogP contribution < -0.4 is 20.9 Å². The summed E-state index contributed by atoms with van der Waals surface area (Å²) in [5.41, 5.74) is 3.89. The Kier molecular flexibility index (Phi) is 18.5. The molecule has 6 fully saturated rings. The Morgan fingerprint density at radius 2 is 0.903 bits per heavy atom. The summed E-state index contributed by atoms with van der Waals surface area (Å²) in [5, 5.41) is 3.45. The fourth-order valence-electron chi connectivity index (χ4n) is 11.1. The molecule has 6 aliphatic rings. The SMILES string of the molecule is CC(C)(C)OC(=O)CC1[C@@H]2CC[C@H]1CN(c1ccnc(C(F)(F)F)c1)C2.CC(C)(C)OC(=O)CC1[C@@H]2CC[C@H]1CNC2.FC(F)(F)c1cc(I)ccn1.NC1[C@@H]2CC[C@H]1CN(c1ccnc(C(F)(F)F)c1)C2. The molecule has 9 atom stereocenters. The van der Waals surface area contributed by atoms with Crippen molar-refractivity contribution in [2.24, 2.45) is 53.1 Å². The van der Waals surface area contributed by atoms with E-state index in [-0.39, 0.29) is 29.5 Å². The largest absolute Gasteiger partial charge is 0.460 e. The molecule has 0 spiro atoms. The number of nitrogens with zero attached hydrogens (tertiary/aromatic N) is 5. The van der Waals surface area contributed by atoms with Crippen LogP contribution in [0.1, 0.15) is 110 Å². The first-order valence-electron chi connectivity index (χ1n) is 24.6. The number of nitrogens with one attached hydrogen (secondary N) is 1. The van der Waals surface area contributed by atoms with Crippen molar-refractivity contribution in [1.82, 2.24) is 20.3 Å². The van der Waals surface area contributed by atoms with Gasteiger partial charge in [-0.25, -0.2) is 0 Å². The maximum Gasteiger partial charge on any atom is 0.433 e. The first-order valence-corrected chi connectivity index (χ1v) is 25.7. The van der Waals surface area contributed by atoms with E-state index in [9.17, 15) is 49.1 Å². The van der Waals surface area contributed by atoms with Gasteiger partial charge in [-0.3, -0.25) is 24.5 Å². The quantitative estimate of drug-likeness (QED) is 0.139. The van der Waals surface area contributed by atoms with E-state index in [1.807, 2.05) is 51.3 Å². The lowest BCUT2D eigenvalue weighted by atomic mass is 9.82. The molecular formula is C51H67F9IN7O4. The van der Waals surface area contributed by atoms with E-state index in [1.165, 1.54) is 31.3 Å². The van der Waals surface area contributed by atoms with E-state index >= 15 is 0 Å². The molecule has 72 heavy (non-hydrogen) atoms. The highest BCUT2D eigenvalue weighted by Crippen LogP contribution is 2.46. The van der Waals surface area contributed by atoms with Gasteiger partial charge in [0.15, 0.2) is 0 Å². The Bertz CT molecular complexity index is 2250. The van der Waals surface area contributed by atoms with Gasteiger partial charge < -0.3 is 30.3 Å². The van der Waals surface area contributed by atoms with Crippen LogP contribution in [0.4, 0.5) is 50.9 Å². The summed E-state index contributed by atoms with van der Waals surface area (Å²) in [6, 6.07) is 8.24. The monoisotopic (exact) mass is 1140 g/mol. The molecule has 6 bridgehead atoms. The molecule has 3 unspecified atom stereocenters. The van der Waals surface area contributed by atoms with Crippen molar-refractivity contribution >= 4 is 45.9 Å². The maximum atomic E-state index is 12.9. The van der Waals surface area contributed by atoms with Crippen molar-refractivity contribution in [3.05, 3.63) is 75.6 Å². The number of esters is 2. The third-order valence-corrected chi connectivity index (χ3v) is 15.0. The van der Waals surface area contributed by atoms with Gasteiger partial charge in [0.1, 0.15) is 28.3 Å². The van der Waals surface area contributed by atoms with Crippen molar-refractivity contribution in [3.63, 3.8) is 0 Å². The van der Waals surface area contributed by atoms with Gasteiger partial charge in [-0.05, 0) is 199 Å². The van der Waals surface area contributed by atoms with Gasteiger partial charge in [-0.2, -0.15) is 39.5 Å². The minimum absolute atomic E-state index is 0.0173. The van der Waals surface area contributed by atoms with E-state index < -0.39 is 41.2 Å². The number of pyridine rings is 3. The molecule has 6 heterocycles. The standard InChI is InChI=1S/C19H25F3N2O2.C13H16F3N3.C13H23NO2.C6H3F3IN/c1-18(2,3)26-17(25)9-15-12-4-5-13(15)11-24(10-12)14-6-7-23-16(8-14)19(20,21)22;14-13(15,16)11-5-10(3-4-18-11)19-6-8-1-2-9(7-19)12(8)17;1-13(2,3)16-12(15)6-11-9-4-5-10(11)8-14-7-9;7-6(8,9)5-3-4(10)1-2-11-5/h6-8,12-13,15H,4-5,9-11H2,1-3H3;3-5,8-9,12H,1-2,6-7,17H2;9-11,14H,4-8H2,1-3H3;1-3H/t12-,13+,15?;8-,9+,12?;9-,10+,11?;. The number of hydrogen-bond donors (Lipinski definition) is 2. The van der Waals surface area contributed by atoms with Gasteiger partial charge in [0.2, 0.25) is 0 Å². The zero-order chi connectivity index (χ0) is 53.0. The molecule has 3 aliphatic carbocycles. The lowest BCUT2D eigenvalue weighted by molar-refractivity contribution is -0.158. The van der Waals surface area contributed by atoms with Gasteiger partial charge in [0, 0.05) is 78.6 Å². The number of rotatable bonds is 6. The number of halogens is 10. The lowest BCUT2D eigenvalue weighted by Gasteiger charge is -2.39. The van der Waals surface area contributed by atoms with Crippen LogP contribution in [0.25, 0.3) is 0 Å². The minimum atomic E-state index is -4.44. The number of anilines is 2. The van der Waals surface area contributed by atoms with Crippen LogP contribution in [0.3, 0.4) is 0 Å². The summed E-state index contributed by atoms with van der Waals surface area (Å²) in [4.78, 5) is 38.0. The van der Waals surface area contributed by atoms with E-state index in [2.05, 4.69) is 20.3 Å². The number of alkyl halides is 9. The van der Waals surface area contributed by atoms with E-state index in [1.54, 1.807) is 34.7 Å². The second kappa shape index (κ2) is 23.3. The number of nitrogens with two attached hydrogens (primary N) is 1. The maximum absolute atomic E-state index is 12.9. The van der Waals surface area contributed by atoms with Crippen molar-refractivity contribution in [3.8, 4) is 0 Å². The number of carbonyl (C=O) groups excluding carboxylic acids is 2. The van der Waals surface area contributed by atoms with Gasteiger partial charge >= 0.3 is 30.5 Å². The molecule has 0 radical (unpaired) electrons. The average Bonchev–Trinajstić information content (AvgIpc) is 3.68. The number of carbonyl (C=O) groups is 2. The number of fused-ring (bicyclic) bond motifs is 6. The van der Waals surface area contributed by atoms with Crippen LogP contribution in [0.5, 0.6) is 0 Å². The molecule has 0 amide bonds. The number of ether oxygens (including phenoxy) is 2. The van der Waals surface area contributed by atoms with Crippen LogP contribution in [0, 0.1) is 50.9 Å². The predicted octanol–water partition coefficient (Wildman–Crippen LogP) is 11.2. The van der Waals surface area contributed by atoms with Crippen LogP contribution in [0.2, 0.25) is 0 Å². The molecule has 400 valence electrons. The Balaban J connectivity index is 0.000000164. The fraction of sp³-hybridized carbons (Fsp3) is 0.667. The van der Waals surface area contributed by atoms with Crippen molar-refractivity contribution in [2.75, 3.05) is 49.1 Å². The number of piperidine rings is 3. The second-order valence-corrected chi connectivity index (χ2v) is 23.1. The van der Waals surface area contributed by atoms with Gasteiger partial charge in [-0.15, -0.1) is 0 Å². The molecule has 9 rings (SSSR count). The van der Waals surface area contributed by atoms with Crippen molar-refractivity contribution < 1.29 is 58.6 Å². The highest BCUT2D eigenvalue weighted by Gasteiger charge is 2.45. The molecule has 3 aromatic rings. The molecule has 3 N–H and O–H groups in total. The molecule has 0 aromatic carbocycles. The Morgan fingerprint density at radius 3 is 1.26 bits per heavy atom. The molecule has 21 heteroatoms. The summed E-state index contributed by atoms with van der Waals surface area (Å²) >= 11 is 1.81. The van der Waals surface area contributed by atoms with E-state index in [4.69, 9.17) is 15.2 Å². The summed E-state index contributed by atoms with van der Waals surface area (Å²) in [5.74, 6) is 3.45. The fourth-order valence-corrected chi connectivity index (χ4v) is 11.6. The van der Waals surface area contributed by atoms with Crippen LogP contribution >= 0.6 is 22.6 Å². The summed E-state index contributed by atoms with van der Waals surface area (Å²) in [6.45, 7) is 16.4. The minimum Gasteiger partial charge on any atom is -0.460 e. The molecule has 11 nitrogen and oxygen atoms in total. The lowest BCUT2D eigenvalue weighted by Crippen LogP contribution is -2.48. The first-order chi connectivity index (χ1) is 33.4. The third-order valence-electron chi connectivity index (χ3n) is 14.3. The van der Waals surface area contributed by atoms with E-state index in [0.717, 1.165) is 76.3 Å². The second-order valence-electron chi connectivity index (χ2n) is 21.9. The summed E-state index contributed by atoms with van der Waals surface area (Å²) in [7, 11) is 0. The van der Waals surface area contributed by atoms with Crippen LogP contribution in [-0.2, 0) is 37.6 Å².